The second-order valence-electron chi connectivity index (χ2n) is 7.04. The van der Waals surface area contributed by atoms with Gasteiger partial charge in [0.05, 0.1) is 16.7 Å². The molecule has 8 heteroatoms. The molecule has 2 aromatic heterocycles. The first-order chi connectivity index (χ1) is 13.3. The SMILES string of the molecule is CC(C)Cn1c(SCC(=O)N(C)Cc2ccsc2)nc2ccc(Cl)cc2c1=O. The van der Waals surface area contributed by atoms with E-state index in [1.165, 1.54) is 11.8 Å². The van der Waals surface area contributed by atoms with E-state index >= 15 is 0 Å². The van der Waals surface area contributed by atoms with Crippen molar-refractivity contribution in [3.63, 3.8) is 0 Å². The highest BCUT2D eigenvalue weighted by molar-refractivity contribution is 7.99. The van der Waals surface area contributed by atoms with E-state index in [2.05, 4.69) is 4.98 Å². The van der Waals surface area contributed by atoms with E-state index in [0.29, 0.717) is 34.2 Å². The molecular formula is C20H22ClN3O2S2. The molecule has 148 valence electrons. The minimum absolute atomic E-state index is 0.00208. The lowest BCUT2D eigenvalue weighted by Crippen LogP contribution is -2.29. The van der Waals surface area contributed by atoms with Gasteiger partial charge in [-0.15, -0.1) is 0 Å². The number of aromatic nitrogens is 2. The average Bonchev–Trinajstić information content (AvgIpc) is 3.15. The summed E-state index contributed by atoms with van der Waals surface area (Å²) in [5, 5.41) is 5.60. The van der Waals surface area contributed by atoms with Gasteiger partial charge in [-0.05, 0) is 46.5 Å². The maximum atomic E-state index is 13.0. The number of hydrogen-bond acceptors (Lipinski definition) is 5. The third-order valence-corrected chi connectivity index (χ3v) is 6.11. The molecule has 5 nitrogen and oxygen atoms in total. The molecule has 1 aromatic carbocycles. The lowest BCUT2D eigenvalue weighted by Gasteiger charge is -2.18. The van der Waals surface area contributed by atoms with Crippen molar-refractivity contribution in [3.05, 3.63) is 56.0 Å². The van der Waals surface area contributed by atoms with Crippen molar-refractivity contribution < 1.29 is 4.79 Å². The van der Waals surface area contributed by atoms with Crippen molar-refractivity contribution in [1.82, 2.24) is 14.5 Å². The van der Waals surface area contributed by atoms with Crippen LogP contribution in [-0.4, -0.2) is 33.2 Å². The topological polar surface area (TPSA) is 55.2 Å². The van der Waals surface area contributed by atoms with Crippen LogP contribution in [0.2, 0.25) is 5.02 Å². The fraction of sp³-hybridized carbons (Fsp3) is 0.350. The largest absolute Gasteiger partial charge is 0.341 e. The van der Waals surface area contributed by atoms with Crippen molar-refractivity contribution in [2.45, 2.75) is 32.1 Å². The zero-order valence-electron chi connectivity index (χ0n) is 16.0. The number of carbonyl (C=O) groups is 1. The summed E-state index contributed by atoms with van der Waals surface area (Å²) >= 11 is 8.97. The monoisotopic (exact) mass is 435 g/mol. The summed E-state index contributed by atoms with van der Waals surface area (Å²) in [5.41, 5.74) is 1.59. The van der Waals surface area contributed by atoms with E-state index in [1.54, 1.807) is 46.1 Å². The van der Waals surface area contributed by atoms with Crippen LogP contribution in [-0.2, 0) is 17.9 Å². The number of rotatable bonds is 7. The Morgan fingerprint density at radius 3 is 2.82 bits per heavy atom. The van der Waals surface area contributed by atoms with Crippen LogP contribution in [0, 0.1) is 5.92 Å². The first-order valence-electron chi connectivity index (χ1n) is 8.93. The Morgan fingerprint density at radius 2 is 2.14 bits per heavy atom. The molecule has 28 heavy (non-hydrogen) atoms. The van der Waals surface area contributed by atoms with Crippen LogP contribution >= 0.6 is 34.7 Å². The molecule has 0 N–H and O–H groups in total. The molecule has 3 aromatic rings. The van der Waals surface area contributed by atoms with E-state index in [0.717, 1.165) is 5.56 Å². The average molecular weight is 436 g/mol. The summed E-state index contributed by atoms with van der Waals surface area (Å²) in [6.07, 6.45) is 0. The summed E-state index contributed by atoms with van der Waals surface area (Å²) in [5.74, 6) is 0.495. The summed E-state index contributed by atoms with van der Waals surface area (Å²) < 4.78 is 1.65. The van der Waals surface area contributed by atoms with Crippen LogP contribution in [0.3, 0.4) is 0 Å². The molecule has 0 atom stereocenters. The van der Waals surface area contributed by atoms with Crippen molar-refractivity contribution in [1.29, 1.82) is 0 Å². The smallest absolute Gasteiger partial charge is 0.262 e. The van der Waals surface area contributed by atoms with Gasteiger partial charge in [-0.25, -0.2) is 4.98 Å². The van der Waals surface area contributed by atoms with E-state index in [4.69, 9.17) is 11.6 Å². The number of amides is 1. The summed E-state index contributed by atoms with van der Waals surface area (Å²) in [4.78, 5) is 31.9. The Hall–Kier alpha value is -1.83. The van der Waals surface area contributed by atoms with Gasteiger partial charge in [0.1, 0.15) is 0 Å². The molecule has 2 heterocycles. The number of halogens is 1. The molecule has 0 aliphatic rings. The fourth-order valence-corrected chi connectivity index (χ4v) is 4.57. The highest BCUT2D eigenvalue weighted by atomic mass is 35.5. The van der Waals surface area contributed by atoms with Gasteiger partial charge in [0.25, 0.3) is 5.56 Å². The normalized spacial score (nSPS) is 11.3. The minimum atomic E-state index is -0.122. The molecule has 0 fully saturated rings. The molecule has 3 rings (SSSR count). The third-order valence-electron chi connectivity index (χ3n) is 4.18. The van der Waals surface area contributed by atoms with Crippen molar-refractivity contribution in [2.24, 2.45) is 5.92 Å². The minimum Gasteiger partial charge on any atom is -0.341 e. The van der Waals surface area contributed by atoms with Gasteiger partial charge < -0.3 is 4.90 Å². The lowest BCUT2D eigenvalue weighted by molar-refractivity contribution is -0.127. The molecule has 0 radical (unpaired) electrons. The van der Waals surface area contributed by atoms with E-state index < -0.39 is 0 Å². The Kier molecular flexibility index (Phi) is 6.80. The predicted molar refractivity (Wildman–Crippen MR) is 117 cm³/mol. The first-order valence-corrected chi connectivity index (χ1v) is 11.2. The molecule has 0 unspecified atom stereocenters. The molecular weight excluding hydrogens is 414 g/mol. The van der Waals surface area contributed by atoms with E-state index in [-0.39, 0.29) is 23.1 Å². The molecule has 0 saturated heterocycles. The number of thioether (sulfide) groups is 1. The lowest BCUT2D eigenvalue weighted by atomic mass is 10.2. The van der Waals surface area contributed by atoms with Crippen LogP contribution in [0.1, 0.15) is 19.4 Å². The number of fused-ring (bicyclic) bond motifs is 1. The van der Waals surface area contributed by atoms with E-state index in [9.17, 15) is 9.59 Å². The van der Waals surface area contributed by atoms with Gasteiger partial charge in [0.2, 0.25) is 5.91 Å². The number of nitrogens with zero attached hydrogens (tertiary/aromatic N) is 3. The molecule has 0 saturated carbocycles. The summed E-state index contributed by atoms with van der Waals surface area (Å²) in [6, 6.07) is 7.12. The number of carbonyl (C=O) groups excluding carboxylic acids is 1. The van der Waals surface area contributed by atoms with Crippen LogP contribution in [0.15, 0.2) is 45.0 Å². The fourth-order valence-electron chi connectivity index (χ4n) is 2.79. The first kappa shape index (κ1) is 20.9. The Bertz CT molecular complexity index is 1030. The zero-order chi connectivity index (χ0) is 20.3. The second kappa shape index (κ2) is 9.11. The van der Waals surface area contributed by atoms with Gasteiger partial charge in [0.15, 0.2) is 5.16 Å². The van der Waals surface area contributed by atoms with Crippen LogP contribution in [0.25, 0.3) is 10.9 Å². The highest BCUT2D eigenvalue weighted by Gasteiger charge is 2.16. The van der Waals surface area contributed by atoms with Crippen molar-refractivity contribution in [3.8, 4) is 0 Å². The summed E-state index contributed by atoms with van der Waals surface area (Å²) in [6.45, 7) is 5.20. The van der Waals surface area contributed by atoms with Gasteiger partial charge in [-0.2, -0.15) is 11.3 Å². The molecule has 1 amide bonds. The van der Waals surface area contributed by atoms with Gasteiger partial charge in [-0.1, -0.05) is 37.2 Å². The number of hydrogen-bond donors (Lipinski definition) is 0. The quantitative estimate of drug-likeness (QED) is 0.404. The molecule has 0 spiro atoms. The van der Waals surface area contributed by atoms with Gasteiger partial charge in [0, 0.05) is 25.2 Å². The van der Waals surface area contributed by atoms with Gasteiger partial charge >= 0.3 is 0 Å². The van der Waals surface area contributed by atoms with Crippen molar-refractivity contribution in [2.75, 3.05) is 12.8 Å². The third kappa shape index (κ3) is 4.96. The van der Waals surface area contributed by atoms with Gasteiger partial charge in [-0.3, -0.25) is 14.2 Å². The van der Waals surface area contributed by atoms with Crippen molar-refractivity contribution >= 4 is 51.5 Å². The van der Waals surface area contributed by atoms with E-state index in [1.807, 2.05) is 30.7 Å². The molecule has 0 aliphatic heterocycles. The Balaban J connectivity index is 1.83. The highest BCUT2D eigenvalue weighted by Crippen LogP contribution is 2.21. The summed E-state index contributed by atoms with van der Waals surface area (Å²) in [7, 11) is 1.79. The molecule has 0 bridgehead atoms. The Labute approximate surface area is 177 Å². The van der Waals surface area contributed by atoms with Crippen LogP contribution in [0.5, 0.6) is 0 Å². The molecule has 0 aliphatic carbocycles. The number of benzene rings is 1. The van der Waals surface area contributed by atoms with Crippen LogP contribution in [0.4, 0.5) is 0 Å². The predicted octanol–water partition coefficient (Wildman–Crippen LogP) is 4.52. The zero-order valence-corrected chi connectivity index (χ0v) is 18.4. The van der Waals surface area contributed by atoms with Crippen LogP contribution < -0.4 is 5.56 Å². The number of thiophene rings is 1. The standard InChI is InChI=1S/C20H22ClN3O2S2/c1-13(2)9-24-19(26)16-8-15(21)4-5-17(16)22-20(24)28-12-18(25)23(3)10-14-6-7-27-11-14/h4-8,11,13H,9-10,12H2,1-3H3. The maximum Gasteiger partial charge on any atom is 0.262 e. The second-order valence-corrected chi connectivity index (χ2v) is 9.19. The maximum absolute atomic E-state index is 13.0. The Morgan fingerprint density at radius 1 is 1.36 bits per heavy atom.